The van der Waals surface area contributed by atoms with E-state index in [1.54, 1.807) is 7.05 Å². The lowest BCUT2D eigenvalue weighted by Crippen LogP contribution is -2.31. The van der Waals surface area contributed by atoms with Crippen LogP contribution in [0.5, 0.6) is 0 Å². The van der Waals surface area contributed by atoms with Gasteiger partial charge in [0.05, 0.1) is 12.2 Å². The number of para-hydroxylation sites is 1. The molecule has 1 aromatic carbocycles. The number of halogens is 1. The molecule has 2 amide bonds. The van der Waals surface area contributed by atoms with Crippen molar-refractivity contribution >= 4 is 33.4 Å². The Kier molecular flexibility index (Phi) is 6.38. The first-order valence-electron chi connectivity index (χ1n) is 5.59. The molecule has 3 N–H and O–H groups in total. The molecule has 0 heterocycles. The van der Waals surface area contributed by atoms with Crippen molar-refractivity contribution in [1.82, 2.24) is 10.6 Å². The van der Waals surface area contributed by atoms with E-state index in [2.05, 4.69) is 31.9 Å². The second-order valence-electron chi connectivity index (χ2n) is 3.63. The minimum Gasteiger partial charge on any atom is -0.359 e. The van der Waals surface area contributed by atoms with Crippen LogP contribution >= 0.6 is 15.9 Å². The predicted molar refractivity (Wildman–Crippen MR) is 74.3 cm³/mol. The van der Waals surface area contributed by atoms with Crippen molar-refractivity contribution in [2.45, 2.75) is 6.42 Å². The van der Waals surface area contributed by atoms with E-state index in [1.165, 1.54) is 0 Å². The highest BCUT2D eigenvalue weighted by Crippen LogP contribution is 2.20. The molecule has 0 bridgehead atoms. The number of nitrogens with one attached hydrogen (secondary N) is 3. The number of benzene rings is 1. The van der Waals surface area contributed by atoms with Crippen molar-refractivity contribution in [3.63, 3.8) is 0 Å². The molecule has 0 aliphatic heterocycles. The largest absolute Gasteiger partial charge is 0.359 e. The lowest BCUT2D eigenvalue weighted by Gasteiger charge is -2.07. The molecule has 0 spiro atoms. The number of carbonyl (C=O) groups excluding carboxylic acids is 2. The zero-order valence-corrected chi connectivity index (χ0v) is 11.7. The summed E-state index contributed by atoms with van der Waals surface area (Å²) in [6, 6.07) is 7.39. The van der Waals surface area contributed by atoms with Gasteiger partial charge >= 0.3 is 0 Å². The quantitative estimate of drug-likeness (QED) is 0.689. The van der Waals surface area contributed by atoms with E-state index in [-0.39, 0.29) is 18.4 Å². The van der Waals surface area contributed by atoms with Crippen LogP contribution in [0.4, 0.5) is 5.69 Å². The molecule has 0 aromatic heterocycles. The highest BCUT2D eigenvalue weighted by atomic mass is 79.9. The third-order valence-electron chi connectivity index (χ3n) is 2.24. The lowest BCUT2D eigenvalue weighted by molar-refractivity contribution is -0.121. The zero-order valence-electron chi connectivity index (χ0n) is 10.1. The first kappa shape index (κ1) is 14.7. The monoisotopic (exact) mass is 313 g/mol. The third kappa shape index (κ3) is 5.29. The molecule has 0 radical (unpaired) electrons. The summed E-state index contributed by atoms with van der Waals surface area (Å²) in [6.07, 6.45) is 0.360. The summed E-state index contributed by atoms with van der Waals surface area (Å²) in [5.74, 6) is -0.187. The molecular formula is C12H16BrN3O2. The van der Waals surface area contributed by atoms with Gasteiger partial charge in [-0.3, -0.25) is 9.59 Å². The maximum absolute atomic E-state index is 11.6. The van der Waals surface area contributed by atoms with Crippen molar-refractivity contribution in [1.29, 1.82) is 0 Å². The standard InChI is InChI=1S/C12H16BrN3O2/c1-14-11(17)6-7-15-8-12(18)16-10-5-3-2-4-9(10)13/h2-5,15H,6-8H2,1H3,(H,14,17)(H,16,18). The van der Waals surface area contributed by atoms with Crippen LogP contribution in [0.25, 0.3) is 0 Å². The van der Waals surface area contributed by atoms with Gasteiger partial charge < -0.3 is 16.0 Å². The molecule has 0 aliphatic carbocycles. The Morgan fingerprint density at radius 2 is 1.94 bits per heavy atom. The minimum atomic E-state index is -0.140. The van der Waals surface area contributed by atoms with Gasteiger partial charge in [-0.25, -0.2) is 0 Å². The Labute approximate surface area is 114 Å². The van der Waals surface area contributed by atoms with Crippen LogP contribution in [0.15, 0.2) is 28.7 Å². The van der Waals surface area contributed by atoms with E-state index in [0.29, 0.717) is 13.0 Å². The van der Waals surface area contributed by atoms with Crippen molar-refractivity contribution < 1.29 is 9.59 Å². The van der Waals surface area contributed by atoms with Crippen LogP contribution in [0.1, 0.15) is 6.42 Å². The molecule has 18 heavy (non-hydrogen) atoms. The Bertz CT molecular complexity index is 424. The third-order valence-corrected chi connectivity index (χ3v) is 2.93. The average molecular weight is 314 g/mol. The maximum Gasteiger partial charge on any atom is 0.238 e. The molecule has 0 atom stereocenters. The molecule has 1 rings (SSSR count). The smallest absolute Gasteiger partial charge is 0.238 e. The highest BCUT2D eigenvalue weighted by molar-refractivity contribution is 9.10. The first-order valence-corrected chi connectivity index (χ1v) is 6.38. The van der Waals surface area contributed by atoms with Gasteiger partial charge in [-0.1, -0.05) is 12.1 Å². The zero-order chi connectivity index (χ0) is 13.4. The first-order chi connectivity index (χ1) is 8.63. The SMILES string of the molecule is CNC(=O)CCNCC(=O)Nc1ccccc1Br. The van der Waals surface area contributed by atoms with Crippen LogP contribution in [0.3, 0.4) is 0 Å². The normalized spacial score (nSPS) is 9.89. The van der Waals surface area contributed by atoms with Gasteiger partial charge in [-0.2, -0.15) is 0 Å². The Morgan fingerprint density at radius 1 is 1.22 bits per heavy atom. The van der Waals surface area contributed by atoms with Gasteiger partial charge in [0.15, 0.2) is 0 Å². The number of hydrogen-bond acceptors (Lipinski definition) is 3. The Balaban J connectivity index is 2.26. The number of hydrogen-bond donors (Lipinski definition) is 3. The van der Waals surface area contributed by atoms with E-state index in [9.17, 15) is 9.59 Å². The van der Waals surface area contributed by atoms with Crippen molar-refractivity contribution in [3.05, 3.63) is 28.7 Å². The fraction of sp³-hybridized carbons (Fsp3) is 0.333. The molecule has 0 unspecified atom stereocenters. The fourth-order valence-electron chi connectivity index (χ4n) is 1.29. The topological polar surface area (TPSA) is 70.2 Å². The van der Waals surface area contributed by atoms with Crippen LogP contribution < -0.4 is 16.0 Å². The van der Waals surface area contributed by atoms with E-state index in [1.807, 2.05) is 24.3 Å². The lowest BCUT2D eigenvalue weighted by atomic mass is 10.3. The van der Waals surface area contributed by atoms with E-state index < -0.39 is 0 Å². The number of anilines is 1. The van der Waals surface area contributed by atoms with Gasteiger partial charge in [0.2, 0.25) is 11.8 Å². The van der Waals surface area contributed by atoms with Crippen LogP contribution in [0, 0.1) is 0 Å². The second kappa shape index (κ2) is 7.84. The molecule has 6 heteroatoms. The van der Waals surface area contributed by atoms with Crippen molar-refractivity contribution in [3.8, 4) is 0 Å². The predicted octanol–water partition coefficient (Wildman–Crippen LogP) is 1.11. The van der Waals surface area contributed by atoms with Gasteiger partial charge in [0.1, 0.15) is 0 Å². The number of amides is 2. The van der Waals surface area contributed by atoms with E-state index in [0.717, 1.165) is 10.2 Å². The molecule has 5 nitrogen and oxygen atoms in total. The minimum absolute atomic E-state index is 0.0475. The maximum atomic E-state index is 11.6. The van der Waals surface area contributed by atoms with Crippen molar-refractivity contribution in [2.24, 2.45) is 0 Å². The van der Waals surface area contributed by atoms with Gasteiger partial charge in [-0.05, 0) is 28.1 Å². The van der Waals surface area contributed by atoms with Gasteiger partial charge in [-0.15, -0.1) is 0 Å². The molecular weight excluding hydrogens is 298 g/mol. The summed E-state index contributed by atoms with van der Waals surface area (Å²) in [6.45, 7) is 0.654. The summed E-state index contributed by atoms with van der Waals surface area (Å²) in [5.41, 5.74) is 0.732. The molecule has 0 aliphatic rings. The molecule has 0 saturated carbocycles. The average Bonchev–Trinajstić information content (AvgIpc) is 2.37. The van der Waals surface area contributed by atoms with Crippen LogP contribution in [-0.2, 0) is 9.59 Å². The summed E-state index contributed by atoms with van der Waals surface area (Å²) in [4.78, 5) is 22.5. The number of carbonyl (C=O) groups is 2. The molecule has 0 saturated heterocycles. The fourth-order valence-corrected chi connectivity index (χ4v) is 1.67. The second-order valence-corrected chi connectivity index (χ2v) is 4.48. The summed E-state index contributed by atoms with van der Waals surface area (Å²) >= 11 is 3.35. The Hall–Kier alpha value is -1.40. The highest BCUT2D eigenvalue weighted by Gasteiger charge is 2.04. The van der Waals surface area contributed by atoms with E-state index >= 15 is 0 Å². The van der Waals surface area contributed by atoms with Crippen molar-refractivity contribution in [2.75, 3.05) is 25.5 Å². The molecule has 98 valence electrons. The van der Waals surface area contributed by atoms with E-state index in [4.69, 9.17) is 0 Å². The summed E-state index contributed by atoms with van der Waals surface area (Å²) in [5, 5.41) is 8.18. The summed E-state index contributed by atoms with van der Waals surface area (Å²) < 4.78 is 0.837. The van der Waals surface area contributed by atoms with Gasteiger partial charge in [0.25, 0.3) is 0 Å². The van der Waals surface area contributed by atoms with Gasteiger partial charge in [0, 0.05) is 24.5 Å². The Morgan fingerprint density at radius 3 is 2.61 bits per heavy atom. The van der Waals surface area contributed by atoms with Crippen LogP contribution in [-0.4, -0.2) is 32.0 Å². The number of rotatable bonds is 6. The molecule has 0 fully saturated rings. The molecule has 1 aromatic rings. The summed E-state index contributed by atoms with van der Waals surface area (Å²) in [7, 11) is 1.59. The van der Waals surface area contributed by atoms with Crippen LogP contribution in [0.2, 0.25) is 0 Å².